The summed E-state index contributed by atoms with van der Waals surface area (Å²) in [6, 6.07) is 65.0. The van der Waals surface area contributed by atoms with Crippen molar-refractivity contribution in [3.05, 3.63) is 209 Å². The van der Waals surface area contributed by atoms with E-state index in [2.05, 4.69) is 281 Å². The number of aryl methyl sites for hydroxylation is 1. The maximum atomic E-state index is 7.35. The molecule has 0 atom stereocenters. The molecule has 0 saturated carbocycles. The smallest absolute Gasteiger partial charge is 0.337 e. The van der Waals surface area contributed by atoms with Crippen LogP contribution in [-0.4, -0.2) is 6.85 Å². The van der Waals surface area contributed by atoms with Crippen LogP contribution in [0.15, 0.2) is 174 Å². The average molecular weight is 1010 g/mol. The lowest BCUT2D eigenvalue weighted by molar-refractivity contribution is 0.332. The van der Waals surface area contributed by atoms with E-state index in [0.29, 0.717) is 6.54 Å². The van der Waals surface area contributed by atoms with Crippen molar-refractivity contribution in [3.8, 4) is 22.3 Å². The Bertz CT molecular complexity index is 3690. The van der Waals surface area contributed by atoms with Crippen LogP contribution in [-0.2, 0) is 33.6 Å². The molecule has 0 spiro atoms. The van der Waals surface area contributed by atoms with Crippen LogP contribution in [0, 0.1) is 6.92 Å². The van der Waals surface area contributed by atoms with Gasteiger partial charge in [0.25, 0.3) is 0 Å². The second-order valence-electron chi connectivity index (χ2n) is 27.0. The Hall–Kier alpha value is -7.24. The normalized spacial score (nSPS) is 15.5. The van der Waals surface area contributed by atoms with Gasteiger partial charge in [0.15, 0.2) is 5.88 Å². The highest BCUT2D eigenvalue weighted by Gasteiger charge is 2.49. The molecular weight excluding hydrogens is 934 g/mol. The molecule has 9 aromatic rings. The fourth-order valence-electron chi connectivity index (χ4n) is 12.8. The van der Waals surface area contributed by atoms with Gasteiger partial charge in [-0.3, -0.25) is 0 Å². The Balaban J connectivity index is 1.13. The zero-order chi connectivity index (χ0) is 54.1. The maximum Gasteiger partial charge on any atom is 0.337 e. The van der Waals surface area contributed by atoms with Gasteiger partial charge in [-0.2, -0.15) is 0 Å². The molecule has 3 heterocycles. The largest absolute Gasteiger partial charge is 0.441 e. The molecule has 0 unspecified atom stereocenters. The lowest BCUT2D eigenvalue weighted by Crippen LogP contribution is -2.61. The molecule has 0 N–H and O–H groups in total. The highest BCUT2D eigenvalue weighted by molar-refractivity contribution is 6.95. The van der Waals surface area contributed by atoms with E-state index in [-0.39, 0.29) is 33.9 Å². The summed E-state index contributed by atoms with van der Waals surface area (Å²) in [5, 5.41) is 1.14. The van der Waals surface area contributed by atoms with Gasteiger partial charge in [-0.1, -0.05) is 199 Å². The molecule has 0 fully saturated rings. The van der Waals surface area contributed by atoms with Crippen molar-refractivity contribution < 1.29 is 4.42 Å². The SMILES string of the molecule is Cc1cc2c3c(c1)N(Cc1ccc(C(C)(C)C)cc1-c1ccccc1)c1oc4ccccc4c1B3N(c1ccc3c(c1)C(C)(C)CCC3(C)C)c1cc(N(c3ccc(C(C)(C)C)cc3)c3ccc(C(C)(C)C)cc3)ccc1-2. The zero-order valence-corrected chi connectivity index (χ0v) is 48.1. The average Bonchev–Trinajstić information content (AvgIpc) is 4.06. The molecular formula is C72H76BN3O. The molecule has 3 aliphatic rings. The van der Waals surface area contributed by atoms with Gasteiger partial charge in [0, 0.05) is 50.5 Å². The Morgan fingerprint density at radius 3 is 1.73 bits per heavy atom. The standard InChI is InChI=1S/C72H76BN3O/c1-46-40-59-56-36-34-54(75(52-30-26-49(27-31-52)68(2,3)4)53-32-28-50(29-33-53)69(5,6)7)44-62(56)76(55-35-37-60-61(43-55)72(13,14)39-38-71(60,11)12)73-65(59)63(41-46)74(67-66(73)57-22-18-19-23-64(57)77-67)45-48-24-25-51(70(8,9)10)42-58(48)47-20-16-15-17-21-47/h15-37,40-44H,38-39,45H2,1-14H3. The van der Waals surface area contributed by atoms with Crippen LogP contribution in [0.25, 0.3) is 33.2 Å². The van der Waals surface area contributed by atoms with E-state index in [1.807, 2.05) is 0 Å². The third-order valence-corrected chi connectivity index (χ3v) is 17.5. The number of anilines is 7. The van der Waals surface area contributed by atoms with Crippen molar-refractivity contribution in [1.82, 2.24) is 0 Å². The van der Waals surface area contributed by atoms with E-state index in [4.69, 9.17) is 4.42 Å². The second-order valence-corrected chi connectivity index (χ2v) is 27.0. The number of fused-ring (bicyclic) bond motifs is 7. The van der Waals surface area contributed by atoms with Crippen LogP contribution < -0.4 is 25.5 Å². The summed E-state index contributed by atoms with van der Waals surface area (Å²) in [6.45, 7) is 33.2. The number of hydrogen-bond donors (Lipinski definition) is 0. The van der Waals surface area contributed by atoms with Crippen LogP contribution in [0.5, 0.6) is 0 Å². The highest BCUT2D eigenvalue weighted by atomic mass is 16.4. The van der Waals surface area contributed by atoms with Crippen molar-refractivity contribution in [2.75, 3.05) is 14.6 Å². The first kappa shape index (κ1) is 50.6. The number of rotatable bonds is 7. The maximum absolute atomic E-state index is 7.35. The minimum atomic E-state index is -0.210. The third kappa shape index (κ3) is 8.69. The first-order valence-electron chi connectivity index (χ1n) is 28.2. The van der Waals surface area contributed by atoms with Gasteiger partial charge < -0.3 is 19.0 Å². The third-order valence-electron chi connectivity index (χ3n) is 17.5. The molecule has 1 aliphatic carbocycles. The molecule has 0 amide bonds. The van der Waals surface area contributed by atoms with Gasteiger partial charge in [-0.05, 0) is 169 Å². The molecule has 2 aliphatic heterocycles. The van der Waals surface area contributed by atoms with Crippen molar-refractivity contribution in [2.24, 2.45) is 0 Å². The summed E-state index contributed by atoms with van der Waals surface area (Å²) >= 11 is 0. The fourth-order valence-corrected chi connectivity index (χ4v) is 12.8. The topological polar surface area (TPSA) is 22.9 Å². The summed E-state index contributed by atoms with van der Waals surface area (Å²) in [5.74, 6) is 0.905. The number of benzene rings is 8. The Labute approximate surface area is 459 Å². The molecule has 388 valence electrons. The van der Waals surface area contributed by atoms with Crippen LogP contribution in [0.2, 0.25) is 0 Å². The van der Waals surface area contributed by atoms with Crippen molar-refractivity contribution in [1.29, 1.82) is 0 Å². The monoisotopic (exact) mass is 1010 g/mol. The molecule has 0 saturated heterocycles. The summed E-state index contributed by atoms with van der Waals surface area (Å²) in [7, 11) is 0. The Morgan fingerprint density at radius 1 is 0.506 bits per heavy atom. The summed E-state index contributed by atoms with van der Waals surface area (Å²) in [6.07, 6.45) is 2.30. The first-order valence-corrected chi connectivity index (χ1v) is 28.2. The zero-order valence-electron chi connectivity index (χ0n) is 48.1. The van der Waals surface area contributed by atoms with Gasteiger partial charge in [0.2, 0.25) is 0 Å². The van der Waals surface area contributed by atoms with Gasteiger partial charge in [-0.25, -0.2) is 0 Å². The van der Waals surface area contributed by atoms with Crippen LogP contribution in [0.1, 0.15) is 142 Å². The van der Waals surface area contributed by atoms with Crippen LogP contribution >= 0.6 is 0 Å². The summed E-state index contributed by atoms with van der Waals surface area (Å²) < 4.78 is 7.35. The number of hydrogen-bond acceptors (Lipinski definition) is 4. The minimum absolute atomic E-state index is 0.00655. The van der Waals surface area contributed by atoms with Gasteiger partial charge in [0.05, 0.1) is 6.54 Å². The molecule has 4 nitrogen and oxygen atoms in total. The van der Waals surface area contributed by atoms with Crippen LogP contribution in [0.4, 0.5) is 40.0 Å². The molecule has 77 heavy (non-hydrogen) atoms. The predicted octanol–water partition coefficient (Wildman–Crippen LogP) is 18.7. The minimum Gasteiger partial charge on any atom is -0.441 e. The van der Waals surface area contributed by atoms with E-state index >= 15 is 0 Å². The molecule has 1 aromatic heterocycles. The fraction of sp³-hybridized carbons (Fsp3) is 0.306. The molecule has 0 radical (unpaired) electrons. The second kappa shape index (κ2) is 17.9. The molecule has 8 aromatic carbocycles. The quantitative estimate of drug-likeness (QED) is 0.148. The van der Waals surface area contributed by atoms with E-state index < -0.39 is 0 Å². The summed E-state index contributed by atoms with van der Waals surface area (Å²) in [5.41, 5.74) is 24.8. The van der Waals surface area contributed by atoms with Gasteiger partial charge in [0.1, 0.15) is 5.58 Å². The predicted molar refractivity (Wildman–Crippen MR) is 330 cm³/mol. The number of furan rings is 1. The number of nitrogens with zero attached hydrogens (tertiary/aromatic N) is 3. The van der Waals surface area contributed by atoms with E-state index in [1.54, 1.807) is 0 Å². The molecule has 0 bridgehead atoms. The van der Waals surface area contributed by atoms with Gasteiger partial charge in [-0.15, -0.1) is 0 Å². The van der Waals surface area contributed by atoms with Gasteiger partial charge >= 0.3 is 6.85 Å². The lowest BCUT2D eigenvalue weighted by Gasteiger charge is -2.46. The van der Waals surface area contributed by atoms with E-state index in [1.165, 1.54) is 89.2 Å². The summed E-state index contributed by atoms with van der Waals surface area (Å²) in [4.78, 5) is 7.67. The van der Waals surface area contributed by atoms with Crippen molar-refractivity contribution in [3.63, 3.8) is 0 Å². The van der Waals surface area contributed by atoms with E-state index in [9.17, 15) is 0 Å². The van der Waals surface area contributed by atoms with Crippen molar-refractivity contribution in [2.45, 2.75) is 143 Å². The highest BCUT2D eigenvalue weighted by Crippen LogP contribution is 2.52. The van der Waals surface area contributed by atoms with Crippen molar-refractivity contribution >= 4 is 68.8 Å². The van der Waals surface area contributed by atoms with E-state index in [0.717, 1.165) is 46.8 Å². The molecule has 5 heteroatoms. The first-order chi connectivity index (χ1) is 36.5. The number of para-hydroxylation sites is 1. The Morgan fingerprint density at radius 2 is 1.09 bits per heavy atom. The Kier molecular flexibility index (Phi) is 11.8. The molecule has 12 rings (SSSR count). The van der Waals surface area contributed by atoms with Crippen LogP contribution in [0.3, 0.4) is 0 Å². The lowest BCUT2D eigenvalue weighted by atomic mass is 9.43.